The van der Waals surface area contributed by atoms with Crippen LogP contribution in [0.25, 0.3) is 0 Å². The van der Waals surface area contributed by atoms with Crippen LogP contribution in [-0.4, -0.2) is 47.8 Å². The van der Waals surface area contributed by atoms with Gasteiger partial charge in [0.25, 0.3) is 0 Å². The van der Waals surface area contributed by atoms with Gasteiger partial charge in [-0.2, -0.15) is 0 Å². The number of aliphatic hydroxyl groups excluding tert-OH is 1. The third-order valence-corrected chi connectivity index (χ3v) is 2.41. The quantitative estimate of drug-likeness (QED) is 0.450. The van der Waals surface area contributed by atoms with Crippen molar-refractivity contribution in [3.63, 3.8) is 0 Å². The van der Waals surface area contributed by atoms with E-state index in [1.807, 2.05) is 0 Å². The molecule has 0 saturated carbocycles. The molecule has 2 unspecified atom stereocenters. The van der Waals surface area contributed by atoms with Crippen molar-refractivity contribution in [2.45, 2.75) is 18.9 Å². The maximum atomic E-state index is 11.3. The highest BCUT2D eigenvalue weighted by molar-refractivity contribution is 5.78. The Hall–Kier alpha value is -1.14. The lowest BCUT2D eigenvalue weighted by Crippen LogP contribution is -2.37. The first kappa shape index (κ1) is 11.9. The minimum absolute atomic E-state index is 0.205. The van der Waals surface area contributed by atoms with E-state index < -0.39 is 12.1 Å². The first-order chi connectivity index (χ1) is 7.09. The normalized spacial score (nSPS) is 22.3. The highest BCUT2D eigenvalue weighted by Crippen LogP contribution is 2.11. The van der Waals surface area contributed by atoms with Crippen LogP contribution in [0.4, 0.5) is 0 Å². The lowest BCUT2D eigenvalue weighted by atomic mass is 10.0. The lowest BCUT2D eigenvalue weighted by molar-refractivity contribution is -0.146. The Bertz CT molecular complexity index is 238. The average molecular weight is 216 g/mol. The third-order valence-electron chi connectivity index (χ3n) is 2.41. The summed E-state index contributed by atoms with van der Waals surface area (Å²) < 4.78 is 0. The van der Waals surface area contributed by atoms with Crippen molar-refractivity contribution in [1.82, 2.24) is 10.6 Å². The molecule has 0 radical (unpaired) electrons. The highest BCUT2D eigenvalue weighted by atomic mass is 16.4. The Kier molecular flexibility index (Phi) is 4.51. The summed E-state index contributed by atoms with van der Waals surface area (Å²) >= 11 is 0. The molecule has 1 amide bonds. The minimum atomic E-state index is -1.52. The molecule has 0 aliphatic carbocycles. The molecule has 6 heteroatoms. The average Bonchev–Trinajstić information content (AvgIpc) is 2.66. The van der Waals surface area contributed by atoms with Crippen molar-refractivity contribution in [1.29, 1.82) is 0 Å². The van der Waals surface area contributed by atoms with Crippen LogP contribution in [0.1, 0.15) is 12.8 Å². The third kappa shape index (κ3) is 4.26. The van der Waals surface area contributed by atoms with Crippen LogP contribution in [-0.2, 0) is 9.59 Å². The minimum Gasteiger partial charge on any atom is -0.479 e. The van der Waals surface area contributed by atoms with Gasteiger partial charge in [-0.25, -0.2) is 4.79 Å². The molecule has 0 aromatic heterocycles. The standard InChI is InChI=1S/C9H16N2O4/c12-7(9(14)15)5-11-8(13)3-6-1-2-10-4-6/h6-7,10,12H,1-5H2,(H,11,13)(H,14,15). The lowest BCUT2D eigenvalue weighted by Gasteiger charge is -2.10. The Morgan fingerprint density at radius 3 is 2.80 bits per heavy atom. The second kappa shape index (κ2) is 5.67. The molecule has 4 N–H and O–H groups in total. The molecule has 0 aromatic carbocycles. The summed E-state index contributed by atoms with van der Waals surface area (Å²) in [7, 11) is 0. The van der Waals surface area contributed by atoms with Gasteiger partial charge in [0.05, 0.1) is 6.54 Å². The van der Waals surface area contributed by atoms with E-state index in [1.54, 1.807) is 0 Å². The molecule has 1 fully saturated rings. The molecule has 1 aliphatic heterocycles. The zero-order valence-electron chi connectivity index (χ0n) is 8.40. The smallest absolute Gasteiger partial charge is 0.334 e. The fraction of sp³-hybridized carbons (Fsp3) is 0.778. The Morgan fingerprint density at radius 2 is 2.27 bits per heavy atom. The zero-order chi connectivity index (χ0) is 11.3. The summed E-state index contributed by atoms with van der Waals surface area (Å²) in [6.07, 6.45) is -0.163. The zero-order valence-corrected chi connectivity index (χ0v) is 8.40. The molecule has 2 atom stereocenters. The summed E-state index contributed by atoms with van der Waals surface area (Å²) in [5.74, 6) is -1.20. The van der Waals surface area contributed by atoms with E-state index in [-0.39, 0.29) is 12.5 Å². The number of aliphatic hydroxyl groups is 1. The largest absolute Gasteiger partial charge is 0.479 e. The van der Waals surface area contributed by atoms with E-state index in [0.29, 0.717) is 12.3 Å². The van der Waals surface area contributed by atoms with Crippen LogP contribution >= 0.6 is 0 Å². The molecule has 1 saturated heterocycles. The molecule has 0 spiro atoms. The number of rotatable bonds is 5. The van der Waals surface area contributed by atoms with Gasteiger partial charge >= 0.3 is 5.97 Å². The van der Waals surface area contributed by atoms with E-state index in [0.717, 1.165) is 19.5 Å². The van der Waals surface area contributed by atoms with Crippen LogP contribution in [0.3, 0.4) is 0 Å². The number of carbonyl (C=O) groups excluding carboxylic acids is 1. The maximum absolute atomic E-state index is 11.3. The Balaban J connectivity index is 2.15. The number of nitrogens with one attached hydrogen (secondary N) is 2. The van der Waals surface area contributed by atoms with Gasteiger partial charge < -0.3 is 20.8 Å². The number of aliphatic carboxylic acids is 1. The summed E-state index contributed by atoms with van der Waals surface area (Å²) in [6, 6.07) is 0. The number of amides is 1. The number of carboxylic acids is 1. The molecule has 6 nitrogen and oxygen atoms in total. The van der Waals surface area contributed by atoms with E-state index >= 15 is 0 Å². The fourth-order valence-corrected chi connectivity index (χ4v) is 1.52. The second-order valence-corrected chi connectivity index (χ2v) is 3.72. The van der Waals surface area contributed by atoms with Crippen molar-refractivity contribution in [2.75, 3.05) is 19.6 Å². The molecule has 1 heterocycles. The number of carbonyl (C=O) groups is 2. The van der Waals surface area contributed by atoms with E-state index in [4.69, 9.17) is 10.2 Å². The van der Waals surface area contributed by atoms with Crippen LogP contribution in [0.5, 0.6) is 0 Å². The molecule has 0 aromatic rings. The molecular weight excluding hydrogens is 200 g/mol. The number of hydrogen-bond donors (Lipinski definition) is 4. The van der Waals surface area contributed by atoms with Crippen LogP contribution in [0.15, 0.2) is 0 Å². The molecule has 0 bridgehead atoms. The topological polar surface area (TPSA) is 98.7 Å². The fourth-order valence-electron chi connectivity index (χ4n) is 1.52. The van der Waals surface area contributed by atoms with Gasteiger partial charge in [-0.15, -0.1) is 0 Å². The van der Waals surface area contributed by atoms with Gasteiger partial charge in [0, 0.05) is 6.42 Å². The predicted molar refractivity (Wildman–Crippen MR) is 52.2 cm³/mol. The predicted octanol–water partition coefficient (Wildman–Crippen LogP) is -1.45. The van der Waals surface area contributed by atoms with Crippen molar-refractivity contribution in [2.24, 2.45) is 5.92 Å². The molecule has 15 heavy (non-hydrogen) atoms. The monoisotopic (exact) mass is 216 g/mol. The van der Waals surface area contributed by atoms with Gasteiger partial charge in [-0.3, -0.25) is 4.79 Å². The molecule has 1 aliphatic rings. The van der Waals surface area contributed by atoms with Crippen molar-refractivity contribution < 1.29 is 19.8 Å². The Morgan fingerprint density at radius 1 is 1.53 bits per heavy atom. The summed E-state index contributed by atoms with van der Waals surface area (Å²) in [4.78, 5) is 21.5. The van der Waals surface area contributed by atoms with Crippen LogP contribution in [0, 0.1) is 5.92 Å². The highest BCUT2D eigenvalue weighted by Gasteiger charge is 2.19. The van der Waals surface area contributed by atoms with Crippen LogP contribution in [0.2, 0.25) is 0 Å². The first-order valence-corrected chi connectivity index (χ1v) is 4.98. The molecule has 1 rings (SSSR count). The van der Waals surface area contributed by atoms with Gasteiger partial charge in [0.2, 0.25) is 5.91 Å². The van der Waals surface area contributed by atoms with E-state index in [1.165, 1.54) is 0 Å². The van der Waals surface area contributed by atoms with Gasteiger partial charge in [0.1, 0.15) is 0 Å². The van der Waals surface area contributed by atoms with Crippen molar-refractivity contribution in [3.05, 3.63) is 0 Å². The number of carboxylic acid groups (broad SMARTS) is 1. The van der Waals surface area contributed by atoms with Gasteiger partial charge in [0.15, 0.2) is 6.10 Å². The first-order valence-electron chi connectivity index (χ1n) is 4.98. The van der Waals surface area contributed by atoms with Crippen LogP contribution < -0.4 is 10.6 Å². The van der Waals surface area contributed by atoms with E-state index in [2.05, 4.69) is 10.6 Å². The Labute approximate surface area is 87.7 Å². The van der Waals surface area contributed by atoms with E-state index in [9.17, 15) is 9.59 Å². The SMILES string of the molecule is O=C(CC1CCNC1)NCC(O)C(=O)O. The summed E-state index contributed by atoms with van der Waals surface area (Å²) in [5, 5.41) is 22.8. The summed E-state index contributed by atoms with van der Waals surface area (Å²) in [6.45, 7) is 1.53. The summed E-state index contributed by atoms with van der Waals surface area (Å²) in [5.41, 5.74) is 0. The van der Waals surface area contributed by atoms with Gasteiger partial charge in [-0.1, -0.05) is 0 Å². The molecule has 86 valence electrons. The molecular formula is C9H16N2O4. The second-order valence-electron chi connectivity index (χ2n) is 3.72. The van der Waals surface area contributed by atoms with Gasteiger partial charge in [-0.05, 0) is 25.4 Å². The maximum Gasteiger partial charge on any atom is 0.334 e. The van der Waals surface area contributed by atoms with Crippen molar-refractivity contribution in [3.8, 4) is 0 Å². The number of hydrogen-bond acceptors (Lipinski definition) is 4. The van der Waals surface area contributed by atoms with Crippen molar-refractivity contribution >= 4 is 11.9 Å².